The molecular formula is C13H9BrF3N3S. The minimum absolute atomic E-state index is 0.0292. The molecule has 2 aromatic rings. The van der Waals surface area contributed by atoms with Crippen molar-refractivity contribution >= 4 is 44.8 Å². The van der Waals surface area contributed by atoms with E-state index in [1.165, 1.54) is 18.2 Å². The Balaban J connectivity index is 2.11. The number of pyridine rings is 1. The number of aromatic nitrogens is 1. The summed E-state index contributed by atoms with van der Waals surface area (Å²) in [7, 11) is 0. The van der Waals surface area contributed by atoms with Crippen LogP contribution in [0.4, 0.5) is 24.7 Å². The Hall–Kier alpha value is -1.67. The number of thiocarbonyl (C=S) groups is 1. The van der Waals surface area contributed by atoms with Gasteiger partial charge in [-0.3, -0.25) is 0 Å². The van der Waals surface area contributed by atoms with E-state index in [2.05, 4.69) is 31.5 Å². The van der Waals surface area contributed by atoms with Crippen molar-refractivity contribution < 1.29 is 13.2 Å². The van der Waals surface area contributed by atoms with Crippen molar-refractivity contribution in [1.29, 1.82) is 0 Å². The van der Waals surface area contributed by atoms with Gasteiger partial charge in [0.1, 0.15) is 5.82 Å². The molecule has 0 aliphatic heterocycles. The van der Waals surface area contributed by atoms with E-state index in [1.54, 1.807) is 18.3 Å². The molecule has 0 unspecified atom stereocenters. The first-order chi connectivity index (χ1) is 9.86. The zero-order chi connectivity index (χ0) is 15.5. The van der Waals surface area contributed by atoms with Crippen molar-refractivity contribution in [1.82, 2.24) is 4.98 Å². The van der Waals surface area contributed by atoms with Crippen LogP contribution in [0.5, 0.6) is 0 Å². The zero-order valence-electron chi connectivity index (χ0n) is 10.4. The number of hydrogen-bond donors (Lipinski definition) is 2. The van der Waals surface area contributed by atoms with E-state index in [9.17, 15) is 13.2 Å². The quantitative estimate of drug-likeness (QED) is 0.747. The molecule has 0 saturated heterocycles. The highest BCUT2D eigenvalue weighted by Gasteiger charge is 2.33. The fourth-order valence-electron chi connectivity index (χ4n) is 1.56. The molecule has 0 amide bonds. The molecule has 0 atom stereocenters. The highest BCUT2D eigenvalue weighted by Crippen LogP contribution is 2.34. The predicted molar refractivity (Wildman–Crippen MR) is 83.2 cm³/mol. The van der Waals surface area contributed by atoms with E-state index < -0.39 is 11.7 Å². The number of halogens is 4. The molecule has 2 N–H and O–H groups in total. The van der Waals surface area contributed by atoms with E-state index >= 15 is 0 Å². The Bertz CT molecular complexity index is 644. The summed E-state index contributed by atoms with van der Waals surface area (Å²) in [6.45, 7) is 0. The molecule has 3 nitrogen and oxygen atoms in total. The number of nitrogens with zero attached hydrogens (tertiary/aromatic N) is 1. The number of nitrogens with one attached hydrogen (secondary N) is 2. The van der Waals surface area contributed by atoms with Crippen LogP contribution in [0.3, 0.4) is 0 Å². The molecular weight excluding hydrogens is 367 g/mol. The van der Waals surface area contributed by atoms with Gasteiger partial charge in [0.25, 0.3) is 0 Å². The Morgan fingerprint density at radius 1 is 1.10 bits per heavy atom. The molecule has 0 bridgehead atoms. The van der Waals surface area contributed by atoms with Gasteiger partial charge in [0.05, 0.1) is 11.3 Å². The predicted octanol–water partition coefficient (Wildman–Crippen LogP) is 4.67. The highest BCUT2D eigenvalue weighted by atomic mass is 79.9. The van der Waals surface area contributed by atoms with Gasteiger partial charge in [0.15, 0.2) is 5.11 Å². The second-order valence-electron chi connectivity index (χ2n) is 3.98. The number of rotatable bonds is 2. The summed E-state index contributed by atoms with van der Waals surface area (Å²) in [5.74, 6) is 0.431. The summed E-state index contributed by atoms with van der Waals surface area (Å²) in [6, 6.07) is 8.50. The zero-order valence-corrected chi connectivity index (χ0v) is 12.8. The maximum atomic E-state index is 12.8. The van der Waals surface area contributed by atoms with Crippen LogP contribution in [0.15, 0.2) is 47.1 Å². The summed E-state index contributed by atoms with van der Waals surface area (Å²) in [4.78, 5) is 4.02. The number of benzene rings is 1. The lowest BCUT2D eigenvalue weighted by atomic mass is 10.2. The maximum absolute atomic E-state index is 12.8. The Labute approximate surface area is 132 Å². The van der Waals surface area contributed by atoms with Crippen LogP contribution in [0.1, 0.15) is 5.56 Å². The smallest absolute Gasteiger partial charge is 0.332 e. The fourth-order valence-corrected chi connectivity index (χ4v) is 2.01. The first kappa shape index (κ1) is 15.7. The van der Waals surface area contributed by atoms with Crippen molar-refractivity contribution in [2.45, 2.75) is 6.18 Å². The van der Waals surface area contributed by atoms with Crippen LogP contribution in [-0.2, 0) is 6.18 Å². The number of hydrogen-bond acceptors (Lipinski definition) is 2. The highest BCUT2D eigenvalue weighted by molar-refractivity contribution is 9.10. The van der Waals surface area contributed by atoms with Crippen molar-refractivity contribution in [3.63, 3.8) is 0 Å². The van der Waals surface area contributed by atoms with Crippen LogP contribution in [-0.4, -0.2) is 10.1 Å². The Morgan fingerprint density at radius 3 is 2.43 bits per heavy atom. The van der Waals surface area contributed by atoms with E-state index in [-0.39, 0.29) is 10.8 Å². The third-order valence-electron chi connectivity index (χ3n) is 2.45. The molecule has 2 rings (SSSR count). The van der Waals surface area contributed by atoms with Crippen LogP contribution >= 0.6 is 28.1 Å². The standard InChI is InChI=1S/C13H9BrF3N3S/c14-8-5-6-11(18-7-8)20-12(21)19-10-4-2-1-3-9(10)13(15,16)17/h1-7H,(H2,18,19,20,21). The van der Waals surface area contributed by atoms with E-state index in [0.717, 1.165) is 10.5 Å². The number of para-hydroxylation sites is 1. The molecule has 1 aromatic heterocycles. The van der Waals surface area contributed by atoms with Crippen LogP contribution < -0.4 is 10.6 Å². The van der Waals surface area contributed by atoms with Gasteiger partial charge in [0, 0.05) is 10.7 Å². The molecule has 0 aliphatic rings. The maximum Gasteiger partial charge on any atom is 0.418 e. The largest absolute Gasteiger partial charge is 0.418 e. The SMILES string of the molecule is FC(F)(F)c1ccccc1NC(=S)Nc1ccc(Br)cn1. The van der Waals surface area contributed by atoms with E-state index in [0.29, 0.717) is 5.82 Å². The molecule has 110 valence electrons. The van der Waals surface area contributed by atoms with Gasteiger partial charge in [0.2, 0.25) is 0 Å². The Kier molecular flexibility index (Phi) is 4.79. The van der Waals surface area contributed by atoms with Crippen LogP contribution in [0.25, 0.3) is 0 Å². The summed E-state index contributed by atoms with van der Waals surface area (Å²) in [5, 5.41) is 5.28. The second-order valence-corrected chi connectivity index (χ2v) is 5.31. The summed E-state index contributed by atoms with van der Waals surface area (Å²) in [5.41, 5.74) is -0.891. The third kappa shape index (κ3) is 4.40. The number of anilines is 2. The molecule has 8 heteroatoms. The normalized spacial score (nSPS) is 11.0. The molecule has 0 radical (unpaired) electrons. The van der Waals surface area contributed by atoms with Crippen molar-refractivity contribution in [2.75, 3.05) is 10.6 Å². The lowest BCUT2D eigenvalue weighted by Gasteiger charge is -2.15. The molecule has 21 heavy (non-hydrogen) atoms. The first-order valence-corrected chi connectivity index (χ1v) is 6.92. The molecule has 0 fully saturated rings. The minimum Gasteiger partial charge on any atom is -0.332 e. The summed E-state index contributed by atoms with van der Waals surface area (Å²) < 4.78 is 39.3. The van der Waals surface area contributed by atoms with E-state index in [4.69, 9.17) is 12.2 Å². The van der Waals surface area contributed by atoms with Gasteiger partial charge in [-0.05, 0) is 52.4 Å². The molecule has 0 aliphatic carbocycles. The Morgan fingerprint density at radius 2 is 1.81 bits per heavy atom. The van der Waals surface area contributed by atoms with Crippen molar-refractivity contribution in [2.24, 2.45) is 0 Å². The monoisotopic (exact) mass is 375 g/mol. The van der Waals surface area contributed by atoms with Gasteiger partial charge >= 0.3 is 6.18 Å². The lowest BCUT2D eigenvalue weighted by molar-refractivity contribution is -0.136. The summed E-state index contributed by atoms with van der Waals surface area (Å²) >= 11 is 8.23. The average Bonchev–Trinajstić information content (AvgIpc) is 2.41. The topological polar surface area (TPSA) is 37.0 Å². The lowest BCUT2D eigenvalue weighted by Crippen LogP contribution is -2.22. The molecule has 0 spiro atoms. The minimum atomic E-state index is -4.45. The first-order valence-electron chi connectivity index (χ1n) is 5.72. The van der Waals surface area contributed by atoms with Crippen molar-refractivity contribution in [3.05, 3.63) is 52.6 Å². The van der Waals surface area contributed by atoms with Crippen LogP contribution in [0, 0.1) is 0 Å². The van der Waals surface area contributed by atoms with Gasteiger partial charge in [-0.1, -0.05) is 12.1 Å². The van der Waals surface area contributed by atoms with Gasteiger partial charge < -0.3 is 10.6 Å². The molecule has 1 aromatic carbocycles. The summed E-state index contributed by atoms with van der Waals surface area (Å²) in [6.07, 6.45) is -2.90. The van der Waals surface area contributed by atoms with E-state index in [1.807, 2.05) is 0 Å². The van der Waals surface area contributed by atoms with Gasteiger partial charge in [-0.2, -0.15) is 13.2 Å². The fraction of sp³-hybridized carbons (Fsp3) is 0.0769. The number of alkyl halides is 3. The van der Waals surface area contributed by atoms with Crippen LogP contribution in [0.2, 0.25) is 0 Å². The second kappa shape index (κ2) is 6.40. The third-order valence-corrected chi connectivity index (χ3v) is 3.12. The van der Waals surface area contributed by atoms with Gasteiger partial charge in [-0.25, -0.2) is 4.98 Å². The molecule has 1 heterocycles. The average molecular weight is 376 g/mol. The van der Waals surface area contributed by atoms with Crippen molar-refractivity contribution in [3.8, 4) is 0 Å². The molecule has 0 saturated carbocycles. The van der Waals surface area contributed by atoms with Gasteiger partial charge in [-0.15, -0.1) is 0 Å².